The Hall–Kier alpha value is -1.38. The number of fused-ring (bicyclic) bond motifs is 2. The maximum absolute atomic E-state index is 12.1. The maximum Gasteiger partial charge on any atom is 0.340 e. The highest BCUT2D eigenvalue weighted by Crippen LogP contribution is 2.41. The average Bonchev–Trinajstić information content (AvgIpc) is 2.99. The summed E-state index contributed by atoms with van der Waals surface area (Å²) in [4.78, 5) is 13.1. The molecule has 6 nitrogen and oxygen atoms in total. The van der Waals surface area contributed by atoms with Gasteiger partial charge in [0.05, 0.1) is 24.6 Å². The lowest BCUT2D eigenvalue weighted by molar-refractivity contribution is -0.133. The maximum atomic E-state index is 12.1. The van der Waals surface area contributed by atoms with Crippen molar-refractivity contribution in [2.24, 2.45) is 0 Å². The number of methoxy groups -OCH3 is 1. The van der Waals surface area contributed by atoms with E-state index in [0.29, 0.717) is 17.7 Å². The summed E-state index contributed by atoms with van der Waals surface area (Å²) in [5, 5.41) is 1.87. The van der Waals surface area contributed by atoms with Crippen molar-refractivity contribution in [2.45, 2.75) is 12.5 Å². The van der Waals surface area contributed by atoms with Crippen LogP contribution in [0.4, 0.5) is 0 Å². The molecule has 0 N–H and O–H groups in total. The first-order chi connectivity index (χ1) is 9.43. The first-order valence-electron chi connectivity index (χ1n) is 5.92. The third kappa shape index (κ3) is 1.95. The van der Waals surface area contributed by atoms with Crippen LogP contribution < -0.4 is 0 Å². The standard InChI is InChI=1S/C12H13NO5S2/c1-17-12(14)10-7-3-4-19-9(7)5-8-11(10)13(6-18-8)20(2,15)16/h3-4,8H,5-6H2,1-2H3. The number of ether oxygens (including phenoxy) is 2. The Labute approximate surface area is 120 Å². The second-order valence-corrected chi connectivity index (χ2v) is 7.52. The summed E-state index contributed by atoms with van der Waals surface area (Å²) in [7, 11) is -2.20. The van der Waals surface area contributed by atoms with Gasteiger partial charge in [0.15, 0.2) is 0 Å². The fourth-order valence-electron chi connectivity index (χ4n) is 2.53. The number of rotatable bonds is 2. The highest BCUT2D eigenvalue weighted by Gasteiger charge is 2.43. The van der Waals surface area contributed by atoms with Crippen LogP contribution >= 0.6 is 11.3 Å². The molecular formula is C12H13NO5S2. The number of nitrogens with zero attached hydrogens (tertiary/aromatic N) is 1. The predicted molar refractivity (Wildman–Crippen MR) is 73.4 cm³/mol. The van der Waals surface area contributed by atoms with Crippen molar-refractivity contribution in [3.8, 4) is 0 Å². The lowest BCUT2D eigenvalue weighted by Crippen LogP contribution is -2.31. The zero-order valence-electron chi connectivity index (χ0n) is 11.0. The molecule has 1 atom stereocenters. The SMILES string of the molecule is COC(=O)C1=C2C(Cc3sccc31)OCN2S(C)(=O)=O. The number of thiophene rings is 1. The molecule has 1 aliphatic heterocycles. The quantitative estimate of drug-likeness (QED) is 0.755. The van der Waals surface area contributed by atoms with Gasteiger partial charge in [-0.25, -0.2) is 17.5 Å². The Morgan fingerprint density at radius 1 is 1.55 bits per heavy atom. The summed E-state index contributed by atoms with van der Waals surface area (Å²) in [5.74, 6) is -0.538. The Morgan fingerprint density at radius 2 is 2.30 bits per heavy atom. The van der Waals surface area contributed by atoms with E-state index in [1.165, 1.54) is 18.4 Å². The lowest BCUT2D eigenvalue weighted by atomic mass is 9.93. The second-order valence-electron chi connectivity index (χ2n) is 4.61. The van der Waals surface area contributed by atoms with E-state index in [4.69, 9.17) is 9.47 Å². The monoisotopic (exact) mass is 315 g/mol. The van der Waals surface area contributed by atoms with Gasteiger partial charge in [-0.15, -0.1) is 11.3 Å². The molecule has 0 amide bonds. The van der Waals surface area contributed by atoms with E-state index in [9.17, 15) is 13.2 Å². The van der Waals surface area contributed by atoms with Gasteiger partial charge in [0.1, 0.15) is 12.8 Å². The summed E-state index contributed by atoms with van der Waals surface area (Å²) in [6.45, 7) is -0.0612. The predicted octanol–water partition coefficient (Wildman–Crippen LogP) is 0.806. The van der Waals surface area contributed by atoms with Crippen LogP contribution in [0, 0.1) is 0 Å². The molecule has 2 heterocycles. The molecule has 8 heteroatoms. The summed E-state index contributed by atoms with van der Waals surface area (Å²) in [5.41, 5.74) is 1.43. The number of hydrogen-bond donors (Lipinski definition) is 0. The Morgan fingerprint density at radius 3 is 2.95 bits per heavy atom. The average molecular weight is 315 g/mol. The summed E-state index contributed by atoms with van der Waals surface area (Å²) in [6, 6.07) is 1.81. The highest BCUT2D eigenvalue weighted by molar-refractivity contribution is 7.88. The normalized spacial score (nSPS) is 21.7. The molecule has 1 saturated heterocycles. The number of sulfonamides is 1. The van der Waals surface area contributed by atoms with Gasteiger partial charge in [-0.2, -0.15) is 0 Å². The summed E-state index contributed by atoms with van der Waals surface area (Å²) in [6.07, 6.45) is 1.27. The van der Waals surface area contributed by atoms with Crippen molar-refractivity contribution in [1.29, 1.82) is 0 Å². The minimum absolute atomic E-state index is 0.0612. The largest absolute Gasteiger partial charge is 0.465 e. The van der Waals surface area contributed by atoms with E-state index in [2.05, 4.69) is 0 Å². The van der Waals surface area contributed by atoms with Crippen LogP contribution in [0.1, 0.15) is 10.4 Å². The molecule has 1 unspecified atom stereocenters. The van der Waals surface area contributed by atoms with Crippen molar-refractivity contribution in [1.82, 2.24) is 4.31 Å². The van der Waals surface area contributed by atoms with Crippen LogP contribution in [0.25, 0.3) is 5.57 Å². The summed E-state index contributed by atoms with van der Waals surface area (Å²) < 4.78 is 35.2. The first kappa shape index (κ1) is 13.6. The third-order valence-electron chi connectivity index (χ3n) is 3.40. The molecule has 0 bridgehead atoms. The molecule has 0 radical (unpaired) electrons. The van der Waals surface area contributed by atoms with Crippen molar-refractivity contribution in [2.75, 3.05) is 20.1 Å². The number of carbonyl (C=O) groups is 1. The molecule has 0 saturated carbocycles. The van der Waals surface area contributed by atoms with E-state index in [1.54, 1.807) is 0 Å². The van der Waals surface area contributed by atoms with Crippen LogP contribution in [0.5, 0.6) is 0 Å². The molecule has 1 aromatic heterocycles. The van der Waals surface area contributed by atoms with E-state index in [0.717, 1.165) is 21.0 Å². The van der Waals surface area contributed by atoms with Gasteiger partial charge in [-0.3, -0.25) is 0 Å². The fraction of sp³-hybridized carbons (Fsp3) is 0.417. The fourth-order valence-corrected chi connectivity index (χ4v) is 4.26. The molecule has 0 spiro atoms. The summed E-state index contributed by atoms with van der Waals surface area (Å²) >= 11 is 1.52. The van der Waals surface area contributed by atoms with Gasteiger partial charge in [-0.1, -0.05) is 0 Å². The molecular weight excluding hydrogens is 302 g/mol. The molecule has 0 aromatic carbocycles. The molecule has 20 heavy (non-hydrogen) atoms. The van der Waals surface area contributed by atoms with Crippen molar-refractivity contribution < 1.29 is 22.7 Å². The van der Waals surface area contributed by atoms with Crippen LogP contribution in [-0.4, -0.2) is 44.9 Å². The zero-order chi connectivity index (χ0) is 14.5. The van der Waals surface area contributed by atoms with Crippen LogP contribution in [0.15, 0.2) is 17.1 Å². The minimum atomic E-state index is -3.49. The smallest absolute Gasteiger partial charge is 0.340 e. The molecule has 1 fully saturated rings. The van der Waals surface area contributed by atoms with Crippen molar-refractivity contribution >= 4 is 32.9 Å². The number of carbonyl (C=O) groups excluding carboxylic acids is 1. The van der Waals surface area contributed by atoms with E-state index < -0.39 is 22.1 Å². The Bertz CT molecular complexity index is 703. The van der Waals surface area contributed by atoms with Crippen LogP contribution in [0.3, 0.4) is 0 Å². The molecule has 2 aliphatic rings. The van der Waals surface area contributed by atoms with Gasteiger partial charge in [0.2, 0.25) is 10.0 Å². The van der Waals surface area contributed by atoms with Crippen molar-refractivity contribution in [3.05, 3.63) is 27.6 Å². The van der Waals surface area contributed by atoms with Crippen molar-refractivity contribution in [3.63, 3.8) is 0 Å². The molecule has 1 aliphatic carbocycles. The lowest BCUT2D eigenvalue weighted by Gasteiger charge is -2.24. The molecule has 3 rings (SSSR count). The second kappa shape index (κ2) is 4.57. The van der Waals surface area contributed by atoms with Crippen LogP contribution in [-0.2, 0) is 30.7 Å². The third-order valence-corrected chi connectivity index (χ3v) is 5.44. The van der Waals surface area contributed by atoms with E-state index in [-0.39, 0.29) is 6.73 Å². The Kier molecular flexibility index (Phi) is 3.11. The highest BCUT2D eigenvalue weighted by atomic mass is 32.2. The van der Waals surface area contributed by atoms with Gasteiger partial charge in [0, 0.05) is 16.9 Å². The first-order valence-corrected chi connectivity index (χ1v) is 8.65. The van der Waals surface area contributed by atoms with Gasteiger partial charge in [-0.05, 0) is 11.4 Å². The van der Waals surface area contributed by atoms with Crippen LogP contribution in [0.2, 0.25) is 0 Å². The Balaban J connectivity index is 2.24. The number of hydrogen-bond acceptors (Lipinski definition) is 6. The molecule has 108 valence electrons. The zero-order valence-corrected chi connectivity index (χ0v) is 12.6. The van der Waals surface area contributed by atoms with E-state index in [1.807, 2.05) is 11.4 Å². The minimum Gasteiger partial charge on any atom is -0.465 e. The van der Waals surface area contributed by atoms with E-state index >= 15 is 0 Å². The number of esters is 1. The van der Waals surface area contributed by atoms with Gasteiger partial charge < -0.3 is 9.47 Å². The topological polar surface area (TPSA) is 72.9 Å². The van der Waals surface area contributed by atoms with Gasteiger partial charge in [0.25, 0.3) is 0 Å². The molecule has 1 aromatic rings. The van der Waals surface area contributed by atoms with Gasteiger partial charge >= 0.3 is 5.97 Å².